The minimum atomic E-state index is -0.0663. The maximum absolute atomic E-state index is 12.0. The van der Waals surface area contributed by atoms with Crippen LogP contribution in [0.25, 0.3) is 0 Å². The first-order valence-corrected chi connectivity index (χ1v) is 7.15. The summed E-state index contributed by atoms with van der Waals surface area (Å²) < 4.78 is 0. The molecule has 0 aromatic heterocycles. The molecule has 94 valence electrons. The van der Waals surface area contributed by atoms with Gasteiger partial charge in [-0.15, -0.1) is 11.8 Å². The van der Waals surface area contributed by atoms with Crippen molar-refractivity contribution >= 4 is 17.7 Å². The number of carbonyl (C=O) groups is 1. The normalized spacial score (nSPS) is 33.1. The summed E-state index contributed by atoms with van der Waals surface area (Å²) in [5.74, 6) is 1.12. The zero-order valence-electron chi connectivity index (χ0n) is 10.4. The van der Waals surface area contributed by atoms with Gasteiger partial charge in [-0.2, -0.15) is 5.26 Å². The highest BCUT2D eigenvalue weighted by atomic mass is 32.2. The van der Waals surface area contributed by atoms with E-state index in [0.29, 0.717) is 0 Å². The molecule has 2 fully saturated rings. The molecular weight excluding hydrogens is 234 g/mol. The summed E-state index contributed by atoms with van der Waals surface area (Å²) in [5, 5.41) is 12.3. The Kier molecular flexibility index (Phi) is 3.64. The molecule has 1 N–H and O–H groups in total. The predicted molar refractivity (Wildman–Crippen MR) is 68.4 cm³/mol. The molecule has 17 heavy (non-hydrogen) atoms. The molecule has 4 nitrogen and oxygen atoms in total. The van der Waals surface area contributed by atoms with E-state index in [0.717, 1.165) is 31.7 Å². The molecular formula is C12H19N3OS. The molecule has 1 spiro atoms. The highest BCUT2D eigenvalue weighted by Gasteiger charge is 2.43. The molecule has 0 aliphatic carbocycles. The highest BCUT2D eigenvalue weighted by Crippen LogP contribution is 2.38. The zero-order valence-corrected chi connectivity index (χ0v) is 11.2. The summed E-state index contributed by atoms with van der Waals surface area (Å²) in [6.45, 7) is 5.49. The average Bonchev–Trinajstić information content (AvgIpc) is 2.71. The molecule has 1 unspecified atom stereocenters. The average molecular weight is 253 g/mol. The first-order chi connectivity index (χ1) is 8.06. The van der Waals surface area contributed by atoms with Gasteiger partial charge in [0.25, 0.3) is 0 Å². The summed E-state index contributed by atoms with van der Waals surface area (Å²) in [4.78, 5) is 13.9. The smallest absolute Gasteiger partial charge is 0.225 e. The van der Waals surface area contributed by atoms with Crippen LogP contribution < -0.4 is 5.32 Å². The van der Waals surface area contributed by atoms with Crippen molar-refractivity contribution in [1.29, 1.82) is 5.26 Å². The Balaban J connectivity index is 2.03. The number of piperidine rings is 1. The van der Waals surface area contributed by atoms with Crippen molar-refractivity contribution in [1.82, 2.24) is 10.2 Å². The largest absolute Gasteiger partial charge is 0.340 e. The van der Waals surface area contributed by atoms with Crippen LogP contribution in [0.1, 0.15) is 26.7 Å². The summed E-state index contributed by atoms with van der Waals surface area (Å²) in [7, 11) is 0. The van der Waals surface area contributed by atoms with Crippen molar-refractivity contribution in [2.75, 3.05) is 18.8 Å². The Bertz CT molecular complexity index is 352. The molecule has 2 rings (SSSR count). The lowest BCUT2D eigenvalue weighted by atomic mass is 10.0. The van der Waals surface area contributed by atoms with E-state index in [-0.39, 0.29) is 22.7 Å². The van der Waals surface area contributed by atoms with Gasteiger partial charge in [0, 0.05) is 24.8 Å². The van der Waals surface area contributed by atoms with Crippen molar-refractivity contribution in [3.05, 3.63) is 0 Å². The van der Waals surface area contributed by atoms with Crippen LogP contribution >= 0.6 is 11.8 Å². The first-order valence-electron chi connectivity index (χ1n) is 6.16. The summed E-state index contributed by atoms with van der Waals surface area (Å²) >= 11 is 1.80. The number of hydrogen-bond acceptors (Lipinski definition) is 4. The third-order valence-corrected chi connectivity index (χ3v) is 4.88. The topological polar surface area (TPSA) is 56.1 Å². The number of nitriles is 1. The maximum atomic E-state index is 12.0. The van der Waals surface area contributed by atoms with Crippen LogP contribution in [0.2, 0.25) is 0 Å². The second-order valence-electron chi connectivity index (χ2n) is 5.15. The Hall–Kier alpha value is -0.730. The number of rotatable bonds is 1. The molecule has 5 heteroatoms. The Morgan fingerprint density at radius 3 is 3.00 bits per heavy atom. The number of nitrogens with one attached hydrogen (secondary N) is 1. The quantitative estimate of drug-likeness (QED) is 0.762. The van der Waals surface area contributed by atoms with Crippen LogP contribution in [0.15, 0.2) is 0 Å². The predicted octanol–water partition coefficient (Wildman–Crippen LogP) is 1.19. The van der Waals surface area contributed by atoms with Crippen molar-refractivity contribution in [2.24, 2.45) is 5.92 Å². The lowest BCUT2D eigenvalue weighted by Gasteiger charge is -2.40. The van der Waals surface area contributed by atoms with Gasteiger partial charge in [-0.1, -0.05) is 13.8 Å². The van der Waals surface area contributed by atoms with Gasteiger partial charge >= 0.3 is 0 Å². The summed E-state index contributed by atoms with van der Waals surface area (Å²) in [6, 6.07) is 2.21. The van der Waals surface area contributed by atoms with Gasteiger partial charge in [-0.3, -0.25) is 10.1 Å². The number of likely N-dealkylation sites (tertiary alicyclic amines) is 1. The minimum Gasteiger partial charge on any atom is -0.340 e. The molecule has 0 radical (unpaired) electrons. The van der Waals surface area contributed by atoms with Crippen LogP contribution in [-0.4, -0.2) is 40.6 Å². The summed E-state index contributed by atoms with van der Waals surface area (Å²) in [5.41, 5.74) is 0. The van der Waals surface area contributed by atoms with E-state index >= 15 is 0 Å². The van der Waals surface area contributed by atoms with E-state index in [1.165, 1.54) is 0 Å². The van der Waals surface area contributed by atoms with Gasteiger partial charge in [0.1, 0.15) is 6.04 Å². The molecule has 0 aromatic carbocycles. The van der Waals surface area contributed by atoms with E-state index in [1.54, 1.807) is 11.8 Å². The monoisotopic (exact) mass is 253 g/mol. The van der Waals surface area contributed by atoms with E-state index in [2.05, 4.69) is 11.4 Å². The molecule has 0 saturated carbocycles. The molecule has 2 atom stereocenters. The molecule has 2 aliphatic rings. The van der Waals surface area contributed by atoms with Gasteiger partial charge in [-0.25, -0.2) is 0 Å². The molecule has 2 heterocycles. The van der Waals surface area contributed by atoms with Crippen LogP contribution in [-0.2, 0) is 4.79 Å². The molecule has 0 bridgehead atoms. The van der Waals surface area contributed by atoms with Crippen molar-refractivity contribution in [2.45, 2.75) is 37.6 Å². The van der Waals surface area contributed by atoms with Gasteiger partial charge in [0.05, 0.1) is 10.9 Å². The minimum absolute atomic E-state index is 0.0586. The fourth-order valence-corrected chi connectivity index (χ4v) is 3.93. The number of hydrogen-bond donors (Lipinski definition) is 1. The lowest BCUT2D eigenvalue weighted by molar-refractivity contribution is -0.136. The van der Waals surface area contributed by atoms with Gasteiger partial charge in [-0.05, 0) is 12.8 Å². The van der Waals surface area contributed by atoms with Gasteiger partial charge in [0.15, 0.2) is 0 Å². The van der Waals surface area contributed by atoms with Crippen LogP contribution in [0.3, 0.4) is 0 Å². The van der Waals surface area contributed by atoms with Crippen molar-refractivity contribution < 1.29 is 4.79 Å². The molecule has 1 amide bonds. The third kappa shape index (κ3) is 2.58. The summed E-state index contributed by atoms with van der Waals surface area (Å²) in [6.07, 6.45) is 2.08. The second kappa shape index (κ2) is 4.87. The first kappa shape index (κ1) is 12.7. The van der Waals surface area contributed by atoms with Crippen molar-refractivity contribution in [3.63, 3.8) is 0 Å². The van der Waals surface area contributed by atoms with Crippen LogP contribution in [0.4, 0.5) is 0 Å². The Labute approximate surface area is 107 Å². The maximum Gasteiger partial charge on any atom is 0.225 e. The van der Waals surface area contributed by atoms with Crippen LogP contribution in [0.5, 0.6) is 0 Å². The van der Waals surface area contributed by atoms with E-state index in [1.807, 2.05) is 18.7 Å². The van der Waals surface area contributed by atoms with E-state index in [9.17, 15) is 4.79 Å². The number of carbonyl (C=O) groups excluding carboxylic acids is 1. The van der Waals surface area contributed by atoms with E-state index < -0.39 is 0 Å². The SMILES string of the molecule is CC(C)C(=O)N1CCCC2(C1)N[C@H](C#N)CS2. The van der Waals surface area contributed by atoms with Gasteiger partial charge < -0.3 is 4.90 Å². The molecule has 2 saturated heterocycles. The zero-order chi connectivity index (χ0) is 12.5. The van der Waals surface area contributed by atoms with Crippen molar-refractivity contribution in [3.8, 4) is 6.07 Å². The highest BCUT2D eigenvalue weighted by molar-refractivity contribution is 8.01. The second-order valence-corrected chi connectivity index (χ2v) is 6.55. The fourth-order valence-electron chi connectivity index (χ4n) is 2.52. The lowest BCUT2D eigenvalue weighted by Crippen LogP contribution is -2.55. The number of amides is 1. The fraction of sp³-hybridized carbons (Fsp3) is 0.833. The van der Waals surface area contributed by atoms with Crippen LogP contribution in [0, 0.1) is 17.2 Å². The Morgan fingerprint density at radius 1 is 1.65 bits per heavy atom. The Morgan fingerprint density at radius 2 is 2.41 bits per heavy atom. The van der Waals surface area contributed by atoms with Gasteiger partial charge in [0.2, 0.25) is 5.91 Å². The third-order valence-electron chi connectivity index (χ3n) is 3.38. The standard InChI is InChI=1S/C12H19N3OS/c1-9(2)11(16)15-5-3-4-12(8-15)14-10(6-13)7-17-12/h9-10,14H,3-5,7-8H2,1-2H3/t10-,12?/m1/s1. The number of nitrogens with zero attached hydrogens (tertiary/aromatic N) is 2. The van der Waals surface area contributed by atoms with E-state index in [4.69, 9.17) is 5.26 Å². The molecule has 0 aromatic rings. The number of thioether (sulfide) groups is 1. The molecule has 2 aliphatic heterocycles.